The van der Waals surface area contributed by atoms with Gasteiger partial charge in [0.25, 0.3) is 5.91 Å². The lowest BCUT2D eigenvalue weighted by Gasteiger charge is -2.10. The van der Waals surface area contributed by atoms with Crippen molar-refractivity contribution in [2.24, 2.45) is 0 Å². The van der Waals surface area contributed by atoms with Crippen LogP contribution >= 0.6 is 23.2 Å². The van der Waals surface area contributed by atoms with Gasteiger partial charge in [0.15, 0.2) is 0 Å². The van der Waals surface area contributed by atoms with Crippen LogP contribution in [0, 0.1) is 0 Å². The van der Waals surface area contributed by atoms with Gasteiger partial charge in [-0.2, -0.15) is 0 Å². The molecule has 0 radical (unpaired) electrons. The molecule has 1 heterocycles. The van der Waals surface area contributed by atoms with Crippen LogP contribution in [0.15, 0.2) is 36.5 Å². The average Bonchev–Trinajstić information content (AvgIpc) is 2.55. The van der Waals surface area contributed by atoms with Crippen molar-refractivity contribution in [3.8, 4) is 0 Å². The van der Waals surface area contributed by atoms with Crippen LogP contribution in [0.1, 0.15) is 22.8 Å². The van der Waals surface area contributed by atoms with Crippen LogP contribution in [-0.2, 0) is 11.2 Å². The summed E-state index contributed by atoms with van der Waals surface area (Å²) in [5.74, 6) is -0.762. The number of nitrogens with zero attached hydrogens (tertiary/aromatic N) is 1. The molecule has 2 N–H and O–H groups in total. The second-order valence-corrected chi connectivity index (χ2v) is 5.50. The first-order valence-corrected chi connectivity index (χ1v) is 7.74. The molecule has 0 aliphatic rings. The van der Waals surface area contributed by atoms with Crippen LogP contribution in [0.4, 0.5) is 5.69 Å². The summed E-state index contributed by atoms with van der Waals surface area (Å²) in [5, 5.41) is 5.59. The highest BCUT2D eigenvalue weighted by atomic mass is 35.5. The molecule has 2 rings (SSSR count). The van der Waals surface area contributed by atoms with Crippen LogP contribution in [0.3, 0.4) is 0 Å². The lowest BCUT2D eigenvalue weighted by atomic mass is 10.1. The van der Waals surface area contributed by atoms with Crippen molar-refractivity contribution in [1.82, 2.24) is 10.3 Å². The quantitative estimate of drug-likeness (QED) is 0.811. The summed E-state index contributed by atoms with van der Waals surface area (Å²) in [6, 6.07) is 8.91. The molecule has 0 spiro atoms. The van der Waals surface area contributed by atoms with Crippen molar-refractivity contribution < 1.29 is 9.59 Å². The summed E-state index contributed by atoms with van der Waals surface area (Å²) in [5.41, 5.74) is 2.01. The fourth-order valence-electron chi connectivity index (χ4n) is 1.95. The monoisotopic (exact) mass is 351 g/mol. The first-order valence-electron chi connectivity index (χ1n) is 6.98. The zero-order valence-corrected chi connectivity index (χ0v) is 13.9. The van der Waals surface area contributed by atoms with Crippen molar-refractivity contribution in [3.63, 3.8) is 0 Å². The summed E-state index contributed by atoms with van der Waals surface area (Å²) < 4.78 is 0. The molecule has 0 fully saturated rings. The lowest BCUT2D eigenvalue weighted by molar-refractivity contribution is -0.115. The Labute approximate surface area is 144 Å². The number of pyridine rings is 1. The van der Waals surface area contributed by atoms with E-state index < -0.39 is 5.91 Å². The number of carbonyl (C=O) groups is 2. The van der Waals surface area contributed by atoms with E-state index >= 15 is 0 Å². The van der Waals surface area contributed by atoms with Crippen LogP contribution in [-0.4, -0.2) is 23.3 Å². The predicted octanol–water partition coefficient (Wildman–Crippen LogP) is 3.32. The normalized spacial score (nSPS) is 10.2. The number of carbonyl (C=O) groups excluding carboxylic acids is 2. The van der Waals surface area contributed by atoms with E-state index in [1.807, 2.05) is 31.2 Å². The number of nitrogens with one attached hydrogen (secondary N) is 2. The van der Waals surface area contributed by atoms with Gasteiger partial charge in [-0.1, -0.05) is 48.3 Å². The Balaban J connectivity index is 1.93. The maximum Gasteiger partial charge on any atom is 0.253 e. The molecule has 0 saturated heterocycles. The Morgan fingerprint density at radius 2 is 1.96 bits per heavy atom. The van der Waals surface area contributed by atoms with Gasteiger partial charge in [-0.05, 0) is 24.1 Å². The molecule has 2 aromatic rings. The average molecular weight is 352 g/mol. The van der Waals surface area contributed by atoms with Gasteiger partial charge in [-0.15, -0.1) is 0 Å². The zero-order valence-electron chi connectivity index (χ0n) is 12.4. The van der Waals surface area contributed by atoms with E-state index in [1.165, 1.54) is 12.3 Å². The van der Waals surface area contributed by atoms with Crippen LogP contribution in [0.2, 0.25) is 10.2 Å². The Kier molecular flexibility index (Phi) is 5.96. The number of para-hydroxylation sites is 1. The molecule has 0 unspecified atom stereocenters. The van der Waals surface area contributed by atoms with Gasteiger partial charge < -0.3 is 10.6 Å². The molecule has 0 saturated carbocycles. The molecule has 0 aliphatic carbocycles. The maximum atomic E-state index is 12.0. The highest BCUT2D eigenvalue weighted by Crippen LogP contribution is 2.19. The van der Waals surface area contributed by atoms with E-state index in [2.05, 4.69) is 15.6 Å². The minimum absolute atomic E-state index is 0.122. The Morgan fingerprint density at radius 3 is 2.65 bits per heavy atom. The van der Waals surface area contributed by atoms with Gasteiger partial charge in [0.1, 0.15) is 5.15 Å². The fraction of sp³-hybridized carbons (Fsp3) is 0.188. The highest BCUT2D eigenvalue weighted by Gasteiger charge is 2.11. The lowest BCUT2D eigenvalue weighted by Crippen LogP contribution is -2.33. The Bertz CT molecular complexity index is 735. The molecule has 2 amide bonds. The first kappa shape index (κ1) is 17.2. The SMILES string of the molecule is CCc1ccccc1NC(=O)CNC(=O)c1cnc(Cl)c(Cl)c1. The zero-order chi connectivity index (χ0) is 16.8. The van der Waals surface area contributed by atoms with Gasteiger partial charge in [0.2, 0.25) is 5.91 Å². The number of hydrogen-bond acceptors (Lipinski definition) is 3. The molecule has 0 aliphatic heterocycles. The van der Waals surface area contributed by atoms with Crippen molar-refractivity contribution in [3.05, 3.63) is 57.8 Å². The molecular formula is C16H15Cl2N3O2. The topological polar surface area (TPSA) is 71.1 Å². The molecule has 120 valence electrons. The highest BCUT2D eigenvalue weighted by molar-refractivity contribution is 6.41. The standard InChI is InChI=1S/C16H15Cl2N3O2/c1-2-10-5-3-4-6-13(10)21-14(22)9-20-16(23)11-7-12(17)15(18)19-8-11/h3-8H,2,9H2,1H3,(H,20,23)(H,21,22). The van der Waals surface area contributed by atoms with Crippen molar-refractivity contribution in [2.45, 2.75) is 13.3 Å². The van der Waals surface area contributed by atoms with Crippen LogP contribution in [0.25, 0.3) is 0 Å². The van der Waals surface area contributed by atoms with Crippen molar-refractivity contribution in [2.75, 3.05) is 11.9 Å². The second-order valence-electron chi connectivity index (χ2n) is 4.74. The van der Waals surface area contributed by atoms with Crippen molar-refractivity contribution in [1.29, 1.82) is 0 Å². The number of amides is 2. The molecule has 0 bridgehead atoms. The molecule has 7 heteroatoms. The van der Waals surface area contributed by atoms with E-state index in [1.54, 1.807) is 0 Å². The fourth-order valence-corrected chi connectivity index (χ4v) is 2.22. The largest absolute Gasteiger partial charge is 0.343 e. The van der Waals surface area contributed by atoms with Crippen LogP contribution < -0.4 is 10.6 Å². The molecule has 23 heavy (non-hydrogen) atoms. The second kappa shape index (κ2) is 7.94. The Morgan fingerprint density at radius 1 is 1.22 bits per heavy atom. The summed E-state index contributed by atoms with van der Waals surface area (Å²) in [4.78, 5) is 27.7. The van der Waals surface area contributed by atoms with E-state index in [-0.39, 0.29) is 28.2 Å². The van der Waals surface area contributed by atoms with E-state index in [4.69, 9.17) is 23.2 Å². The summed E-state index contributed by atoms with van der Waals surface area (Å²) in [6.45, 7) is 1.85. The first-order chi connectivity index (χ1) is 11.0. The van der Waals surface area contributed by atoms with Gasteiger partial charge >= 0.3 is 0 Å². The van der Waals surface area contributed by atoms with E-state index in [0.29, 0.717) is 0 Å². The summed E-state index contributed by atoms with van der Waals surface area (Å²) in [6.07, 6.45) is 2.10. The third-order valence-corrected chi connectivity index (χ3v) is 3.83. The van der Waals surface area contributed by atoms with Gasteiger partial charge in [0.05, 0.1) is 17.1 Å². The molecule has 5 nitrogen and oxygen atoms in total. The maximum absolute atomic E-state index is 12.0. The molecule has 0 atom stereocenters. The number of rotatable bonds is 5. The van der Waals surface area contributed by atoms with Gasteiger partial charge in [-0.3, -0.25) is 9.59 Å². The number of benzene rings is 1. The van der Waals surface area contributed by atoms with Gasteiger partial charge in [-0.25, -0.2) is 4.98 Å². The number of aromatic nitrogens is 1. The molecule has 1 aromatic carbocycles. The third-order valence-electron chi connectivity index (χ3n) is 3.14. The predicted molar refractivity (Wildman–Crippen MR) is 91.0 cm³/mol. The smallest absolute Gasteiger partial charge is 0.253 e. The minimum atomic E-state index is -0.449. The number of aryl methyl sites for hydroxylation is 1. The van der Waals surface area contributed by atoms with Crippen molar-refractivity contribution >= 4 is 40.7 Å². The Hall–Kier alpha value is -2.11. The molecular weight excluding hydrogens is 337 g/mol. The minimum Gasteiger partial charge on any atom is -0.343 e. The number of anilines is 1. The van der Waals surface area contributed by atoms with E-state index in [9.17, 15) is 9.59 Å². The van der Waals surface area contributed by atoms with Crippen LogP contribution in [0.5, 0.6) is 0 Å². The number of hydrogen-bond donors (Lipinski definition) is 2. The van der Waals surface area contributed by atoms with Gasteiger partial charge in [0, 0.05) is 11.9 Å². The van der Waals surface area contributed by atoms with E-state index in [0.717, 1.165) is 17.7 Å². The summed E-state index contributed by atoms with van der Waals surface area (Å²) >= 11 is 11.5. The third kappa shape index (κ3) is 4.68. The summed E-state index contributed by atoms with van der Waals surface area (Å²) in [7, 11) is 0. The number of halogens is 2. The molecule has 1 aromatic heterocycles.